The standard InChI is InChI=1S/C18H36N2O/c1-15-11-20(12-16(2)21-15)14-18(9-7-6-8-10-18)13-19-17(3,4)5/h15-16,19H,6-14H2,1-5H3/t15-,16+. The van der Waals surface area contributed by atoms with Gasteiger partial charge in [0.15, 0.2) is 0 Å². The van der Waals surface area contributed by atoms with Gasteiger partial charge in [0.1, 0.15) is 0 Å². The van der Waals surface area contributed by atoms with Crippen molar-refractivity contribution in [1.82, 2.24) is 10.2 Å². The predicted molar refractivity (Wildman–Crippen MR) is 89.7 cm³/mol. The number of morpholine rings is 1. The van der Waals surface area contributed by atoms with Crippen LogP contribution in [0.2, 0.25) is 0 Å². The highest BCUT2D eigenvalue weighted by molar-refractivity contribution is 4.91. The molecule has 3 nitrogen and oxygen atoms in total. The minimum absolute atomic E-state index is 0.218. The van der Waals surface area contributed by atoms with Gasteiger partial charge in [-0.25, -0.2) is 0 Å². The first kappa shape index (κ1) is 17.2. The summed E-state index contributed by atoms with van der Waals surface area (Å²) in [5.74, 6) is 0. The van der Waals surface area contributed by atoms with Gasteiger partial charge in [-0.1, -0.05) is 19.3 Å². The molecule has 0 amide bonds. The van der Waals surface area contributed by atoms with Crippen molar-refractivity contribution in [1.29, 1.82) is 0 Å². The first-order chi connectivity index (χ1) is 9.78. The van der Waals surface area contributed by atoms with Gasteiger partial charge < -0.3 is 10.1 Å². The molecule has 0 aromatic rings. The Morgan fingerprint density at radius 2 is 1.62 bits per heavy atom. The van der Waals surface area contributed by atoms with Gasteiger partial charge in [0, 0.05) is 31.7 Å². The third-order valence-corrected chi connectivity index (χ3v) is 4.96. The Bertz CT molecular complexity index is 308. The maximum absolute atomic E-state index is 5.90. The van der Waals surface area contributed by atoms with E-state index in [-0.39, 0.29) is 5.54 Å². The lowest BCUT2D eigenvalue weighted by molar-refractivity contribution is -0.0807. The van der Waals surface area contributed by atoms with Gasteiger partial charge in [0.25, 0.3) is 0 Å². The third-order valence-electron chi connectivity index (χ3n) is 4.96. The highest BCUT2D eigenvalue weighted by Gasteiger charge is 2.36. The zero-order valence-electron chi connectivity index (χ0n) is 14.9. The van der Waals surface area contributed by atoms with Gasteiger partial charge in [0.05, 0.1) is 12.2 Å². The van der Waals surface area contributed by atoms with E-state index >= 15 is 0 Å². The van der Waals surface area contributed by atoms with Gasteiger partial charge in [-0.3, -0.25) is 4.90 Å². The molecular weight excluding hydrogens is 260 g/mol. The number of hydrogen-bond donors (Lipinski definition) is 1. The minimum Gasteiger partial charge on any atom is -0.373 e. The fourth-order valence-corrected chi connectivity index (χ4v) is 4.03. The van der Waals surface area contributed by atoms with Crippen LogP contribution >= 0.6 is 0 Å². The third kappa shape index (κ3) is 5.54. The van der Waals surface area contributed by atoms with Crippen LogP contribution < -0.4 is 5.32 Å². The van der Waals surface area contributed by atoms with Crippen LogP contribution in [-0.2, 0) is 4.74 Å². The van der Waals surface area contributed by atoms with Gasteiger partial charge in [-0.15, -0.1) is 0 Å². The largest absolute Gasteiger partial charge is 0.373 e. The molecule has 2 fully saturated rings. The molecule has 124 valence electrons. The van der Waals surface area contributed by atoms with Crippen LogP contribution in [0.25, 0.3) is 0 Å². The first-order valence-electron chi connectivity index (χ1n) is 8.91. The molecule has 1 saturated heterocycles. The van der Waals surface area contributed by atoms with Crippen LogP contribution in [-0.4, -0.2) is 48.8 Å². The van der Waals surface area contributed by atoms with E-state index in [0.29, 0.717) is 17.6 Å². The number of rotatable bonds is 4. The molecule has 2 atom stereocenters. The molecule has 1 heterocycles. The molecular formula is C18H36N2O. The molecule has 1 saturated carbocycles. The molecule has 0 bridgehead atoms. The predicted octanol–water partition coefficient (Wildman–Crippen LogP) is 3.43. The summed E-state index contributed by atoms with van der Waals surface area (Å²) in [5, 5.41) is 3.79. The van der Waals surface area contributed by atoms with Gasteiger partial charge in [-0.05, 0) is 52.9 Å². The highest BCUT2D eigenvalue weighted by Crippen LogP contribution is 2.37. The Balaban J connectivity index is 1.98. The van der Waals surface area contributed by atoms with Crippen LogP contribution in [0.15, 0.2) is 0 Å². The van der Waals surface area contributed by atoms with Crippen molar-refractivity contribution in [3.8, 4) is 0 Å². The highest BCUT2D eigenvalue weighted by atomic mass is 16.5. The summed E-state index contributed by atoms with van der Waals surface area (Å²) >= 11 is 0. The lowest BCUT2D eigenvalue weighted by atomic mass is 9.73. The quantitative estimate of drug-likeness (QED) is 0.860. The van der Waals surface area contributed by atoms with Crippen molar-refractivity contribution in [2.24, 2.45) is 5.41 Å². The molecule has 0 unspecified atom stereocenters. The van der Waals surface area contributed by atoms with Crippen molar-refractivity contribution in [2.75, 3.05) is 26.2 Å². The maximum atomic E-state index is 5.90. The number of nitrogens with zero attached hydrogens (tertiary/aromatic N) is 1. The molecule has 0 spiro atoms. The van der Waals surface area contributed by atoms with Crippen molar-refractivity contribution < 1.29 is 4.74 Å². The number of ether oxygens (including phenoxy) is 1. The second-order valence-corrected chi connectivity index (χ2v) is 8.62. The first-order valence-corrected chi connectivity index (χ1v) is 8.91. The summed E-state index contributed by atoms with van der Waals surface area (Å²) in [5.41, 5.74) is 0.693. The smallest absolute Gasteiger partial charge is 0.0678 e. The van der Waals surface area contributed by atoms with Crippen molar-refractivity contribution in [2.45, 2.75) is 84.5 Å². The second-order valence-electron chi connectivity index (χ2n) is 8.62. The summed E-state index contributed by atoms with van der Waals surface area (Å²) in [7, 11) is 0. The summed E-state index contributed by atoms with van der Waals surface area (Å²) in [6, 6.07) is 0. The molecule has 0 radical (unpaired) electrons. The molecule has 1 N–H and O–H groups in total. The van der Waals surface area contributed by atoms with E-state index in [4.69, 9.17) is 4.74 Å². The van der Waals surface area contributed by atoms with Crippen molar-refractivity contribution >= 4 is 0 Å². The Labute approximate surface area is 131 Å². The summed E-state index contributed by atoms with van der Waals surface area (Å²) < 4.78 is 5.90. The second kappa shape index (κ2) is 6.97. The van der Waals surface area contributed by atoms with E-state index in [9.17, 15) is 0 Å². The Kier molecular flexibility index (Phi) is 5.72. The Morgan fingerprint density at radius 1 is 1.05 bits per heavy atom. The molecule has 2 aliphatic rings. The fraction of sp³-hybridized carbons (Fsp3) is 1.00. The molecule has 0 aromatic carbocycles. The van der Waals surface area contributed by atoms with E-state index in [2.05, 4.69) is 44.8 Å². The molecule has 2 rings (SSSR count). The zero-order chi connectivity index (χ0) is 15.5. The van der Waals surface area contributed by atoms with Crippen LogP contribution in [0.1, 0.15) is 66.7 Å². The van der Waals surface area contributed by atoms with E-state index in [1.165, 1.54) is 38.6 Å². The van der Waals surface area contributed by atoms with Crippen LogP contribution in [0.3, 0.4) is 0 Å². The van der Waals surface area contributed by atoms with Crippen LogP contribution in [0, 0.1) is 5.41 Å². The van der Waals surface area contributed by atoms with Crippen molar-refractivity contribution in [3.63, 3.8) is 0 Å². The molecule has 1 aliphatic carbocycles. The SMILES string of the molecule is C[C@@H]1CN(CC2(CNC(C)(C)C)CCCCC2)C[C@H](C)O1. The summed E-state index contributed by atoms with van der Waals surface area (Å²) in [6.45, 7) is 15.9. The number of nitrogens with one attached hydrogen (secondary N) is 1. The molecule has 21 heavy (non-hydrogen) atoms. The summed E-state index contributed by atoms with van der Waals surface area (Å²) in [4.78, 5) is 2.66. The van der Waals surface area contributed by atoms with Gasteiger partial charge >= 0.3 is 0 Å². The average Bonchev–Trinajstić information content (AvgIpc) is 2.35. The lowest BCUT2D eigenvalue weighted by Gasteiger charge is -2.45. The van der Waals surface area contributed by atoms with E-state index < -0.39 is 0 Å². The topological polar surface area (TPSA) is 24.5 Å². The maximum Gasteiger partial charge on any atom is 0.0678 e. The summed E-state index contributed by atoms with van der Waals surface area (Å²) in [6.07, 6.45) is 7.76. The van der Waals surface area contributed by atoms with Gasteiger partial charge in [-0.2, -0.15) is 0 Å². The monoisotopic (exact) mass is 296 g/mol. The fourth-order valence-electron chi connectivity index (χ4n) is 4.03. The Hall–Kier alpha value is -0.120. The molecule has 3 heteroatoms. The van der Waals surface area contributed by atoms with Crippen molar-refractivity contribution in [3.05, 3.63) is 0 Å². The van der Waals surface area contributed by atoms with E-state index in [1.54, 1.807) is 0 Å². The average molecular weight is 296 g/mol. The minimum atomic E-state index is 0.218. The van der Waals surface area contributed by atoms with Crippen LogP contribution in [0.5, 0.6) is 0 Å². The number of hydrogen-bond acceptors (Lipinski definition) is 3. The molecule has 0 aromatic heterocycles. The lowest BCUT2D eigenvalue weighted by Crippen LogP contribution is -2.54. The molecule has 1 aliphatic heterocycles. The Morgan fingerprint density at radius 3 is 2.14 bits per heavy atom. The van der Waals surface area contributed by atoms with E-state index in [0.717, 1.165) is 19.6 Å². The van der Waals surface area contributed by atoms with Gasteiger partial charge in [0.2, 0.25) is 0 Å². The van der Waals surface area contributed by atoms with Crippen LogP contribution in [0.4, 0.5) is 0 Å². The normalized spacial score (nSPS) is 31.3. The zero-order valence-corrected chi connectivity index (χ0v) is 14.9. The van der Waals surface area contributed by atoms with E-state index in [1.807, 2.05) is 0 Å².